The average Bonchev–Trinajstić information content (AvgIpc) is 3.44. The topological polar surface area (TPSA) is 3.24 Å². The van der Waals surface area contributed by atoms with Gasteiger partial charge >= 0.3 is 0 Å². The van der Waals surface area contributed by atoms with E-state index >= 15 is 0 Å². The third-order valence-electron chi connectivity index (χ3n) is 8.06. The first kappa shape index (κ1) is 24.6. The van der Waals surface area contributed by atoms with Crippen LogP contribution in [0.1, 0.15) is 0 Å². The van der Waals surface area contributed by atoms with Crippen LogP contribution in [0.3, 0.4) is 0 Å². The van der Waals surface area contributed by atoms with Crippen molar-refractivity contribution in [1.29, 1.82) is 0 Å². The van der Waals surface area contributed by atoms with Gasteiger partial charge in [-0.25, -0.2) is 0 Å². The Hall–Kier alpha value is -5.18. The highest BCUT2D eigenvalue weighted by atomic mass is 32.1. The van der Waals surface area contributed by atoms with Crippen molar-refractivity contribution >= 4 is 59.3 Å². The molecule has 0 unspecified atom stereocenters. The standard InChI is InChI=1S/C40H27NS/c1-2-8-28(9-3-1)30-16-20-34(21-17-30)41(36-24-25-38-37-12-6-7-13-39(37)42-40(38)27-36)35-22-18-31(19-23-35)33-15-14-29-10-4-5-11-32(29)26-33/h1-27H. The monoisotopic (exact) mass is 553 g/mol. The van der Waals surface area contributed by atoms with E-state index in [0.717, 1.165) is 17.1 Å². The van der Waals surface area contributed by atoms with Crippen LogP contribution in [0.25, 0.3) is 53.2 Å². The van der Waals surface area contributed by atoms with E-state index in [0.29, 0.717) is 0 Å². The molecule has 0 aliphatic carbocycles. The van der Waals surface area contributed by atoms with E-state index < -0.39 is 0 Å². The Labute approximate surface area is 249 Å². The molecule has 1 aromatic heterocycles. The molecule has 198 valence electrons. The predicted octanol–water partition coefficient (Wildman–Crippen LogP) is 12.0. The number of rotatable bonds is 5. The number of fused-ring (bicyclic) bond motifs is 4. The smallest absolute Gasteiger partial charge is 0.0476 e. The summed E-state index contributed by atoms with van der Waals surface area (Å²) in [6, 6.07) is 59.2. The fourth-order valence-corrected chi connectivity index (χ4v) is 7.05. The van der Waals surface area contributed by atoms with Crippen LogP contribution in [0, 0.1) is 0 Å². The Morgan fingerprint density at radius 2 is 0.881 bits per heavy atom. The Morgan fingerprint density at radius 3 is 1.64 bits per heavy atom. The molecule has 8 aromatic rings. The molecular weight excluding hydrogens is 527 g/mol. The molecule has 0 saturated heterocycles. The molecule has 1 nitrogen and oxygen atoms in total. The van der Waals surface area contributed by atoms with Crippen molar-refractivity contribution in [3.63, 3.8) is 0 Å². The number of anilines is 3. The van der Waals surface area contributed by atoms with Crippen LogP contribution in [-0.2, 0) is 0 Å². The van der Waals surface area contributed by atoms with Gasteiger partial charge in [0.15, 0.2) is 0 Å². The van der Waals surface area contributed by atoms with Crippen molar-refractivity contribution in [2.45, 2.75) is 0 Å². The summed E-state index contributed by atoms with van der Waals surface area (Å²) in [6.07, 6.45) is 0. The molecule has 7 aromatic carbocycles. The Kier molecular flexibility index (Phi) is 6.05. The van der Waals surface area contributed by atoms with E-state index in [1.54, 1.807) is 0 Å². The van der Waals surface area contributed by atoms with Gasteiger partial charge in [-0.15, -0.1) is 11.3 Å². The van der Waals surface area contributed by atoms with E-state index in [-0.39, 0.29) is 0 Å². The molecule has 8 rings (SSSR count). The van der Waals surface area contributed by atoms with Crippen molar-refractivity contribution in [3.8, 4) is 22.3 Å². The molecule has 2 heteroatoms. The Bertz CT molecular complexity index is 2180. The Balaban J connectivity index is 1.22. The average molecular weight is 554 g/mol. The van der Waals surface area contributed by atoms with Crippen molar-refractivity contribution in [3.05, 3.63) is 164 Å². The molecule has 42 heavy (non-hydrogen) atoms. The molecule has 0 spiro atoms. The van der Waals surface area contributed by atoms with E-state index in [1.165, 1.54) is 53.2 Å². The Morgan fingerprint density at radius 1 is 0.333 bits per heavy atom. The summed E-state index contributed by atoms with van der Waals surface area (Å²) in [6.45, 7) is 0. The molecule has 0 atom stereocenters. The first-order valence-electron chi connectivity index (χ1n) is 14.3. The van der Waals surface area contributed by atoms with Gasteiger partial charge in [-0.05, 0) is 81.6 Å². The first-order valence-corrected chi connectivity index (χ1v) is 15.1. The molecule has 0 aliphatic rings. The zero-order valence-electron chi connectivity index (χ0n) is 22.9. The van der Waals surface area contributed by atoms with Gasteiger partial charge in [-0.2, -0.15) is 0 Å². The normalized spacial score (nSPS) is 11.3. The second-order valence-electron chi connectivity index (χ2n) is 10.6. The van der Waals surface area contributed by atoms with Gasteiger partial charge in [0, 0.05) is 37.2 Å². The summed E-state index contributed by atoms with van der Waals surface area (Å²) < 4.78 is 2.62. The summed E-state index contributed by atoms with van der Waals surface area (Å²) >= 11 is 1.86. The molecule has 0 aliphatic heterocycles. The van der Waals surface area contributed by atoms with E-state index in [9.17, 15) is 0 Å². The molecule has 0 bridgehead atoms. The zero-order chi connectivity index (χ0) is 27.9. The highest BCUT2D eigenvalue weighted by molar-refractivity contribution is 7.25. The van der Waals surface area contributed by atoms with Gasteiger partial charge in [0.1, 0.15) is 0 Å². The number of hydrogen-bond donors (Lipinski definition) is 0. The fraction of sp³-hybridized carbons (Fsp3) is 0. The number of nitrogens with zero attached hydrogens (tertiary/aromatic N) is 1. The summed E-state index contributed by atoms with van der Waals surface area (Å²) in [5.41, 5.74) is 8.29. The van der Waals surface area contributed by atoms with Crippen LogP contribution < -0.4 is 4.90 Å². The minimum atomic E-state index is 1.13. The molecule has 0 amide bonds. The third-order valence-corrected chi connectivity index (χ3v) is 9.20. The zero-order valence-corrected chi connectivity index (χ0v) is 23.8. The van der Waals surface area contributed by atoms with Gasteiger partial charge in [0.05, 0.1) is 0 Å². The second kappa shape index (κ2) is 10.3. The SMILES string of the molecule is c1ccc(-c2ccc(N(c3ccc(-c4ccc5ccccc5c4)cc3)c3ccc4c(c3)sc3ccccc34)cc2)cc1. The molecule has 0 N–H and O–H groups in total. The lowest BCUT2D eigenvalue weighted by Gasteiger charge is -2.26. The molecular formula is C40H27NS. The van der Waals surface area contributed by atoms with Crippen molar-refractivity contribution in [1.82, 2.24) is 0 Å². The van der Waals surface area contributed by atoms with Gasteiger partial charge in [0.2, 0.25) is 0 Å². The van der Waals surface area contributed by atoms with Gasteiger partial charge in [-0.3, -0.25) is 0 Å². The maximum absolute atomic E-state index is 2.36. The minimum absolute atomic E-state index is 1.13. The second-order valence-corrected chi connectivity index (χ2v) is 11.7. The summed E-state index contributed by atoms with van der Waals surface area (Å²) in [4.78, 5) is 2.36. The van der Waals surface area contributed by atoms with Gasteiger partial charge in [-0.1, -0.05) is 115 Å². The number of hydrogen-bond acceptors (Lipinski definition) is 2. The maximum atomic E-state index is 2.36. The van der Waals surface area contributed by atoms with Gasteiger partial charge in [0.25, 0.3) is 0 Å². The predicted molar refractivity (Wildman–Crippen MR) is 182 cm³/mol. The summed E-state index contributed by atoms with van der Waals surface area (Å²) in [5.74, 6) is 0. The lowest BCUT2D eigenvalue weighted by Crippen LogP contribution is -2.09. The first-order chi connectivity index (χ1) is 20.8. The number of thiophene rings is 1. The highest BCUT2D eigenvalue weighted by Crippen LogP contribution is 2.41. The molecule has 0 fully saturated rings. The van der Waals surface area contributed by atoms with Crippen LogP contribution in [0.4, 0.5) is 17.1 Å². The van der Waals surface area contributed by atoms with E-state index in [1.807, 2.05) is 11.3 Å². The summed E-state index contributed by atoms with van der Waals surface area (Å²) in [7, 11) is 0. The van der Waals surface area contributed by atoms with Crippen LogP contribution in [0.5, 0.6) is 0 Å². The van der Waals surface area contributed by atoms with Crippen LogP contribution in [0.15, 0.2) is 164 Å². The van der Waals surface area contributed by atoms with Crippen molar-refractivity contribution in [2.24, 2.45) is 0 Å². The van der Waals surface area contributed by atoms with E-state index in [4.69, 9.17) is 0 Å². The van der Waals surface area contributed by atoms with E-state index in [2.05, 4.69) is 169 Å². The van der Waals surface area contributed by atoms with Gasteiger partial charge < -0.3 is 4.90 Å². The fourth-order valence-electron chi connectivity index (χ4n) is 5.91. The lowest BCUT2D eigenvalue weighted by molar-refractivity contribution is 1.29. The number of benzene rings is 7. The largest absolute Gasteiger partial charge is 0.310 e. The maximum Gasteiger partial charge on any atom is 0.0476 e. The lowest BCUT2D eigenvalue weighted by atomic mass is 10.0. The quantitative estimate of drug-likeness (QED) is 0.205. The van der Waals surface area contributed by atoms with Crippen LogP contribution in [0.2, 0.25) is 0 Å². The molecule has 1 heterocycles. The minimum Gasteiger partial charge on any atom is -0.310 e. The van der Waals surface area contributed by atoms with Crippen LogP contribution in [-0.4, -0.2) is 0 Å². The molecule has 0 saturated carbocycles. The van der Waals surface area contributed by atoms with Crippen molar-refractivity contribution in [2.75, 3.05) is 4.90 Å². The molecule has 0 radical (unpaired) electrons. The van der Waals surface area contributed by atoms with Crippen LogP contribution >= 0.6 is 11.3 Å². The summed E-state index contributed by atoms with van der Waals surface area (Å²) in [5, 5.41) is 5.16. The highest BCUT2D eigenvalue weighted by Gasteiger charge is 2.15. The third kappa shape index (κ3) is 4.43. The van der Waals surface area contributed by atoms with Crippen molar-refractivity contribution < 1.29 is 0 Å².